The lowest BCUT2D eigenvalue weighted by Gasteiger charge is -2.31. The van der Waals surface area contributed by atoms with Crippen molar-refractivity contribution in [3.05, 3.63) is 106 Å². The summed E-state index contributed by atoms with van der Waals surface area (Å²) in [6.07, 6.45) is 9.36. The van der Waals surface area contributed by atoms with E-state index >= 15 is 0 Å². The number of aliphatic hydroxyl groups is 1. The fourth-order valence-corrected chi connectivity index (χ4v) is 12.3. The van der Waals surface area contributed by atoms with Gasteiger partial charge in [-0.05, 0) is 88.5 Å². The molecule has 0 aromatic heterocycles. The molecule has 107 heavy (non-hydrogen) atoms. The van der Waals surface area contributed by atoms with E-state index in [4.69, 9.17) is 61.6 Å². The van der Waals surface area contributed by atoms with Crippen LogP contribution in [0.5, 0.6) is 23.0 Å². The van der Waals surface area contributed by atoms with Crippen molar-refractivity contribution in [1.82, 2.24) is 20.0 Å². The molecule has 5 atom stereocenters. The minimum atomic E-state index is -1.51. The van der Waals surface area contributed by atoms with Gasteiger partial charge in [-0.3, -0.25) is 48.2 Å². The summed E-state index contributed by atoms with van der Waals surface area (Å²) in [5.41, 5.74) is 4.27. The summed E-state index contributed by atoms with van der Waals surface area (Å²) in [5, 5.41) is 14.8. The zero-order valence-electron chi connectivity index (χ0n) is 62.6. The molecule has 0 saturated heterocycles. The molecule has 29 nitrogen and oxygen atoms in total. The van der Waals surface area contributed by atoms with Gasteiger partial charge in [0.1, 0.15) is 18.2 Å². The number of benzene rings is 3. The summed E-state index contributed by atoms with van der Waals surface area (Å²) in [6, 6.07) is 11.5. The first-order chi connectivity index (χ1) is 51.7. The van der Waals surface area contributed by atoms with E-state index in [-0.39, 0.29) is 128 Å². The number of unbranched alkanes of at least 4 members (excludes halogenated alkanes) is 2. The lowest BCUT2D eigenvalue weighted by atomic mass is 9.88. The topological polar surface area (TPSA) is 331 Å². The van der Waals surface area contributed by atoms with Gasteiger partial charge in [-0.15, -0.1) is 0 Å². The molecule has 6 amide bonds. The molecule has 0 spiro atoms. The molecule has 5 aliphatic heterocycles. The highest BCUT2D eigenvalue weighted by Gasteiger charge is 2.45. The summed E-state index contributed by atoms with van der Waals surface area (Å²) in [6.45, 7) is 15.5. The molecule has 0 saturated carbocycles. The summed E-state index contributed by atoms with van der Waals surface area (Å²) in [7, 11) is 2.97. The van der Waals surface area contributed by atoms with Crippen LogP contribution in [0.4, 0.5) is 16.2 Å². The Labute approximate surface area is 625 Å². The normalized spacial score (nSPS) is 17.1. The van der Waals surface area contributed by atoms with Crippen molar-refractivity contribution in [2.24, 2.45) is 16.8 Å². The zero-order valence-corrected chi connectivity index (χ0v) is 62.6. The van der Waals surface area contributed by atoms with Gasteiger partial charge in [-0.2, -0.15) is 0 Å². The van der Waals surface area contributed by atoms with E-state index in [1.807, 2.05) is 33.9 Å². The van der Waals surface area contributed by atoms with Crippen LogP contribution in [0.2, 0.25) is 0 Å². The number of rotatable bonds is 51. The van der Waals surface area contributed by atoms with Crippen molar-refractivity contribution in [1.29, 1.82) is 0 Å². The number of methoxy groups -OCH3 is 2. The Morgan fingerprint density at radius 2 is 1.07 bits per heavy atom. The predicted octanol–water partition coefficient (Wildman–Crippen LogP) is 7.79. The minimum absolute atomic E-state index is 0.0106. The molecule has 29 heteroatoms. The van der Waals surface area contributed by atoms with Crippen LogP contribution in [0.25, 0.3) is 0 Å². The number of hydrogen-bond acceptors (Lipinski definition) is 24. The SMILES string of the molecule is COc1cc2c(cc1OCCCCCOc1cc3c(cc1OC)C(=O)N1C=C(C)C[C@H]1[C@H](O)N3C(=O)OCc1ccc(CC(=O)[C@H](C)NC(=O)[C@@H](CC(=O)CCOCCOCCOCCOCCOCCOCCOCCOCCCC(=O)CCN3C(=O)C=CC3=O)C(C)C)cc1)N=C[C@@H]1CC(C)=CN1C2=O. The van der Waals surface area contributed by atoms with Crippen LogP contribution in [0, 0.1) is 11.8 Å². The number of anilines is 1. The summed E-state index contributed by atoms with van der Waals surface area (Å²) < 4.78 is 73.8. The third-order valence-corrected chi connectivity index (χ3v) is 18.3. The summed E-state index contributed by atoms with van der Waals surface area (Å²) in [4.78, 5) is 127. The van der Waals surface area contributed by atoms with Gasteiger partial charge < -0.3 is 81.8 Å². The number of nitrogens with zero attached hydrogens (tertiary/aromatic N) is 5. The van der Waals surface area contributed by atoms with E-state index in [0.717, 1.165) is 27.4 Å². The molecule has 8 rings (SSSR count). The Bertz CT molecular complexity index is 3610. The number of nitrogens with one attached hydrogen (secondary N) is 1. The van der Waals surface area contributed by atoms with Crippen molar-refractivity contribution in [3.8, 4) is 23.0 Å². The summed E-state index contributed by atoms with van der Waals surface area (Å²) >= 11 is 0. The Balaban J connectivity index is 0.649. The van der Waals surface area contributed by atoms with E-state index in [1.165, 1.54) is 43.4 Å². The molecule has 3 aromatic carbocycles. The lowest BCUT2D eigenvalue weighted by Crippen LogP contribution is -2.50. The van der Waals surface area contributed by atoms with Crippen LogP contribution < -0.4 is 29.2 Å². The van der Waals surface area contributed by atoms with Crippen molar-refractivity contribution >= 4 is 70.6 Å². The summed E-state index contributed by atoms with van der Waals surface area (Å²) in [5.74, 6) is -1.66. The molecular weight excluding hydrogens is 1390 g/mol. The highest BCUT2D eigenvalue weighted by Crippen LogP contribution is 2.43. The highest BCUT2D eigenvalue weighted by atomic mass is 16.6. The second-order valence-corrected chi connectivity index (χ2v) is 26.8. The number of aliphatic hydroxyl groups excluding tert-OH is 1. The van der Waals surface area contributed by atoms with Crippen LogP contribution in [-0.4, -0.2) is 243 Å². The number of amides is 6. The third-order valence-electron chi connectivity index (χ3n) is 18.3. The monoisotopic (exact) mass is 1490 g/mol. The Morgan fingerprint density at radius 1 is 0.561 bits per heavy atom. The van der Waals surface area contributed by atoms with Crippen LogP contribution in [0.3, 0.4) is 0 Å². The predicted molar refractivity (Wildman–Crippen MR) is 391 cm³/mol. The maximum atomic E-state index is 14.3. The number of imide groups is 1. The molecule has 0 fully saturated rings. The molecule has 584 valence electrons. The van der Waals surface area contributed by atoms with Crippen molar-refractivity contribution in [3.63, 3.8) is 0 Å². The van der Waals surface area contributed by atoms with Gasteiger partial charge in [-0.25, -0.2) is 9.69 Å². The third kappa shape index (κ3) is 25.7. The molecule has 3 aromatic rings. The van der Waals surface area contributed by atoms with Gasteiger partial charge in [0.15, 0.2) is 35.0 Å². The van der Waals surface area contributed by atoms with Gasteiger partial charge in [0.05, 0.1) is 167 Å². The average molecular weight is 1490 g/mol. The number of fused-ring (bicyclic) bond motifs is 4. The molecule has 0 unspecified atom stereocenters. The Hall–Kier alpha value is -8.78. The second kappa shape index (κ2) is 43.9. The van der Waals surface area contributed by atoms with E-state index in [2.05, 4.69) is 10.3 Å². The van der Waals surface area contributed by atoms with Crippen LogP contribution in [-0.2, 0) is 84.4 Å². The molecule has 2 N–H and O–H groups in total. The standard InChI is InChI=1S/C78H104N6O23/c1-52(2)61(43-60(86)20-25-98-27-29-100-31-33-102-35-37-104-39-38-103-36-34-101-32-30-99-28-26-97-22-11-12-59(85)19-21-81-72(88)17-18-73(81)89)74(90)80-55(5)67(87)42-56-13-15-57(16-14-56)51-107-78(94)84-65-47-71(69(96-7)45-63(65)76(92)83-50-54(4)41-66(83)77(84)93)106-24-10-8-9-23-105-70-46-64-62(44-68(70)95-6)75(91)82-49-53(3)40-58(82)48-79-64/h13-18,44-50,52,55,58,61,66,77,93H,8-12,19-43,51H2,1-7H3,(H,80,90)/t55-,58-,61-,66-,77-/m0/s1. The molecule has 0 radical (unpaired) electrons. The van der Waals surface area contributed by atoms with E-state index in [1.54, 1.807) is 60.6 Å². The molecule has 5 aliphatic rings. The van der Waals surface area contributed by atoms with E-state index in [9.17, 15) is 48.3 Å². The van der Waals surface area contributed by atoms with E-state index < -0.39 is 42.1 Å². The molecule has 0 bridgehead atoms. The molecule has 5 heterocycles. The maximum absolute atomic E-state index is 14.3. The van der Waals surface area contributed by atoms with Crippen molar-refractivity contribution in [2.45, 2.75) is 136 Å². The first-order valence-electron chi connectivity index (χ1n) is 36.7. The maximum Gasteiger partial charge on any atom is 0.416 e. The number of ether oxygens (including phenoxy) is 13. The van der Waals surface area contributed by atoms with Gasteiger partial charge >= 0.3 is 6.09 Å². The van der Waals surface area contributed by atoms with Crippen LogP contribution in [0.1, 0.15) is 131 Å². The lowest BCUT2D eigenvalue weighted by molar-refractivity contribution is -0.137. The second-order valence-electron chi connectivity index (χ2n) is 26.8. The number of carbonyl (C=O) groups is 9. The van der Waals surface area contributed by atoms with Crippen LogP contribution >= 0.6 is 0 Å². The Morgan fingerprint density at radius 3 is 1.64 bits per heavy atom. The number of ketones is 3. The molecule has 0 aliphatic carbocycles. The first kappa shape index (κ1) is 83.9. The van der Waals surface area contributed by atoms with Crippen molar-refractivity contribution < 1.29 is 110 Å². The smallest absolute Gasteiger partial charge is 0.416 e. The van der Waals surface area contributed by atoms with Gasteiger partial charge in [0, 0.05) is 94.1 Å². The number of aliphatic imine (C=N–C) groups is 1. The zero-order chi connectivity index (χ0) is 76.6. The quantitative estimate of drug-likeness (QED) is 0.0402. The Kier molecular flexibility index (Phi) is 34.4. The van der Waals surface area contributed by atoms with Gasteiger partial charge in [0.25, 0.3) is 23.6 Å². The van der Waals surface area contributed by atoms with Crippen LogP contribution in [0.15, 0.2) is 89.2 Å². The highest BCUT2D eigenvalue weighted by molar-refractivity contribution is 6.13. The fraction of sp³-hybridized carbons (Fsp3) is 0.564. The van der Waals surface area contributed by atoms with Gasteiger partial charge in [0.2, 0.25) is 5.91 Å². The first-order valence-corrected chi connectivity index (χ1v) is 36.7. The average Bonchev–Trinajstić information content (AvgIpc) is 1.63. The fourth-order valence-electron chi connectivity index (χ4n) is 12.3. The largest absolute Gasteiger partial charge is 0.493 e. The van der Waals surface area contributed by atoms with Gasteiger partial charge in [-0.1, -0.05) is 49.3 Å². The minimum Gasteiger partial charge on any atom is -0.493 e. The number of carbonyl (C=O) groups excluding carboxylic acids is 9. The number of hydrogen-bond donors (Lipinski definition) is 2. The van der Waals surface area contributed by atoms with E-state index in [0.29, 0.717) is 172 Å². The molecular formula is C78H104N6O23. The number of Topliss-reactive ketones (excluding diaryl/α,β-unsaturated/α-hetero) is 3. The van der Waals surface area contributed by atoms with Crippen molar-refractivity contribution in [2.75, 3.05) is 145 Å².